The van der Waals surface area contributed by atoms with Crippen molar-refractivity contribution in [1.29, 1.82) is 0 Å². The van der Waals surface area contributed by atoms with Gasteiger partial charge in [0.2, 0.25) is 0 Å². The molecule has 0 atom stereocenters. The molecule has 106 valence electrons. The summed E-state index contributed by atoms with van der Waals surface area (Å²) in [6.07, 6.45) is 1.41. The Morgan fingerprint density at radius 3 is 2.70 bits per heavy atom. The zero-order valence-electron chi connectivity index (χ0n) is 9.41. The van der Waals surface area contributed by atoms with Crippen LogP contribution in [0.1, 0.15) is 0 Å². The highest BCUT2D eigenvalue weighted by Gasteiger charge is 2.25. The summed E-state index contributed by atoms with van der Waals surface area (Å²) in [6, 6.07) is 4.00. The maximum Gasteiger partial charge on any atom is 0.300 e. The number of halogens is 2. The summed E-state index contributed by atoms with van der Waals surface area (Å²) in [7, 11) is -3.97. The Labute approximate surface area is 130 Å². The molecule has 1 N–H and O–H groups in total. The molecular weight excluding hydrogens is 394 g/mol. The molecule has 2 aromatic heterocycles. The lowest BCUT2D eigenvalue weighted by Gasteiger charge is -2.04. The van der Waals surface area contributed by atoms with Crippen LogP contribution in [0.25, 0.3) is 0 Å². The van der Waals surface area contributed by atoms with Crippen molar-refractivity contribution in [3.05, 3.63) is 43.3 Å². The first-order valence-corrected chi connectivity index (χ1v) is 8.35. The van der Waals surface area contributed by atoms with Gasteiger partial charge in [0.05, 0.1) is 4.92 Å². The Morgan fingerprint density at radius 1 is 1.45 bits per heavy atom. The van der Waals surface area contributed by atoms with Crippen molar-refractivity contribution < 1.29 is 13.3 Å². The number of thiophene rings is 1. The molecule has 20 heavy (non-hydrogen) atoms. The molecular formula is C9H5BrClN3O4S2. The van der Waals surface area contributed by atoms with E-state index < -0.39 is 20.6 Å². The number of pyridine rings is 1. The minimum atomic E-state index is -3.97. The average molecular weight is 399 g/mol. The number of hydrogen-bond acceptors (Lipinski definition) is 6. The maximum absolute atomic E-state index is 12.1. The van der Waals surface area contributed by atoms with Gasteiger partial charge in [0.1, 0.15) is 10.0 Å². The number of sulfonamides is 1. The van der Waals surface area contributed by atoms with E-state index in [2.05, 4.69) is 25.6 Å². The Kier molecular flexibility index (Phi) is 4.28. The number of nitrogens with one attached hydrogen (secondary N) is 1. The van der Waals surface area contributed by atoms with Crippen LogP contribution in [0.2, 0.25) is 4.34 Å². The molecule has 0 saturated heterocycles. The van der Waals surface area contributed by atoms with Crippen molar-refractivity contribution in [2.24, 2.45) is 0 Å². The second kappa shape index (κ2) is 5.64. The van der Waals surface area contributed by atoms with E-state index in [1.165, 1.54) is 12.3 Å². The van der Waals surface area contributed by atoms with Gasteiger partial charge in [-0.15, -0.1) is 11.3 Å². The maximum atomic E-state index is 12.1. The van der Waals surface area contributed by atoms with Gasteiger partial charge in [-0.3, -0.25) is 14.8 Å². The average Bonchev–Trinajstić information content (AvgIpc) is 2.71. The molecule has 0 aliphatic carbocycles. The van der Waals surface area contributed by atoms with Crippen molar-refractivity contribution in [2.45, 2.75) is 4.21 Å². The standard InChI is InChI=1S/C9H5BrClN3O4S2/c10-5-1-2-12-7(3-5)13-20(17,18)8-4-6(14(15)16)9(11)19-8/h1-4H,(H,12,13). The van der Waals surface area contributed by atoms with Crippen molar-refractivity contribution in [3.63, 3.8) is 0 Å². The fourth-order valence-electron chi connectivity index (χ4n) is 1.24. The fraction of sp³-hybridized carbons (Fsp3) is 0. The van der Waals surface area contributed by atoms with Crippen LogP contribution < -0.4 is 4.72 Å². The van der Waals surface area contributed by atoms with Crippen LogP contribution in [0, 0.1) is 10.1 Å². The van der Waals surface area contributed by atoms with E-state index in [1.54, 1.807) is 6.07 Å². The van der Waals surface area contributed by atoms with Gasteiger partial charge in [0, 0.05) is 16.7 Å². The van der Waals surface area contributed by atoms with E-state index in [0.717, 1.165) is 6.07 Å². The monoisotopic (exact) mass is 397 g/mol. The number of anilines is 1. The normalized spacial score (nSPS) is 11.3. The predicted molar refractivity (Wildman–Crippen MR) is 78.7 cm³/mol. The highest BCUT2D eigenvalue weighted by molar-refractivity contribution is 9.10. The van der Waals surface area contributed by atoms with Gasteiger partial charge < -0.3 is 0 Å². The summed E-state index contributed by atoms with van der Waals surface area (Å²) in [5, 5.41) is 10.7. The van der Waals surface area contributed by atoms with Gasteiger partial charge in [-0.1, -0.05) is 27.5 Å². The van der Waals surface area contributed by atoms with Gasteiger partial charge in [-0.05, 0) is 12.1 Å². The molecule has 2 heterocycles. The quantitative estimate of drug-likeness (QED) is 0.629. The summed E-state index contributed by atoms with van der Waals surface area (Å²) >= 11 is 9.42. The summed E-state index contributed by atoms with van der Waals surface area (Å²) < 4.78 is 26.5. The predicted octanol–water partition coefficient (Wildman–Crippen LogP) is 3.27. The molecule has 0 amide bonds. The molecule has 2 aromatic rings. The number of hydrogen-bond donors (Lipinski definition) is 1. The zero-order valence-corrected chi connectivity index (χ0v) is 13.4. The summed E-state index contributed by atoms with van der Waals surface area (Å²) in [5.74, 6) is 0.0894. The Morgan fingerprint density at radius 2 is 2.15 bits per heavy atom. The molecule has 7 nitrogen and oxygen atoms in total. The van der Waals surface area contributed by atoms with Crippen molar-refractivity contribution in [3.8, 4) is 0 Å². The van der Waals surface area contributed by atoms with Gasteiger partial charge in [0.25, 0.3) is 15.7 Å². The highest BCUT2D eigenvalue weighted by atomic mass is 79.9. The van der Waals surface area contributed by atoms with Crippen molar-refractivity contribution >= 4 is 60.4 Å². The van der Waals surface area contributed by atoms with E-state index >= 15 is 0 Å². The second-order valence-corrected chi connectivity index (χ2v) is 7.93. The van der Waals surface area contributed by atoms with Crippen LogP contribution in [-0.2, 0) is 10.0 Å². The van der Waals surface area contributed by atoms with Crippen LogP contribution >= 0.6 is 38.9 Å². The minimum Gasteiger partial charge on any atom is -0.263 e. The fourth-order valence-corrected chi connectivity index (χ4v) is 4.24. The zero-order chi connectivity index (χ0) is 14.9. The molecule has 2 rings (SSSR count). The smallest absolute Gasteiger partial charge is 0.263 e. The molecule has 0 radical (unpaired) electrons. The third kappa shape index (κ3) is 3.26. The van der Waals surface area contributed by atoms with Crippen LogP contribution in [-0.4, -0.2) is 18.3 Å². The van der Waals surface area contributed by atoms with Crippen LogP contribution in [0.15, 0.2) is 33.1 Å². The number of aromatic nitrogens is 1. The Hall–Kier alpha value is -1.23. The highest BCUT2D eigenvalue weighted by Crippen LogP contribution is 2.36. The van der Waals surface area contributed by atoms with Gasteiger partial charge in [-0.25, -0.2) is 13.4 Å². The van der Waals surface area contributed by atoms with Crippen LogP contribution in [0.3, 0.4) is 0 Å². The molecule has 0 fully saturated rings. The second-order valence-electron chi connectivity index (χ2n) is 3.45. The van der Waals surface area contributed by atoms with Gasteiger partial charge in [0.15, 0.2) is 4.34 Å². The first kappa shape index (κ1) is 15.2. The van der Waals surface area contributed by atoms with E-state index in [1.807, 2.05) is 0 Å². The number of nitrogens with zero attached hydrogens (tertiary/aromatic N) is 2. The van der Waals surface area contributed by atoms with Gasteiger partial charge >= 0.3 is 0 Å². The van der Waals surface area contributed by atoms with Crippen LogP contribution in [0.4, 0.5) is 11.5 Å². The third-order valence-corrected chi connectivity index (χ3v) is 5.73. The molecule has 0 spiro atoms. The molecule has 0 aliphatic rings. The molecule has 0 aliphatic heterocycles. The largest absolute Gasteiger partial charge is 0.300 e. The van der Waals surface area contributed by atoms with E-state index in [0.29, 0.717) is 15.8 Å². The van der Waals surface area contributed by atoms with Crippen LogP contribution in [0.5, 0.6) is 0 Å². The molecule has 0 unspecified atom stereocenters. The van der Waals surface area contributed by atoms with E-state index in [4.69, 9.17) is 11.6 Å². The van der Waals surface area contributed by atoms with Crippen molar-refractivity contribution in [2.75, 3.05) is 4.72 Å². The van der Waals surface area contributed by atoms with Crippen molar-refractivity contribution in [1.82, 2.24) is 4.98 Å². The summed E-state index contributed by atoms with van der Waals surface area (Å²) in [5.41, 5.74) is -0.445. The molecule has 0 aromatic carbocycles. The Balaban J connectivity index is 2.36. The lowest BCUT2D eigenvalue weighted by Crippen LogP contribution is -2.12. The lowest BCUT2D eigenvalue weighted by atomic mass is 10.5. The first-order chi connectivity index (χ1) is 9.29. The lowest BCUT2D eigenvalue weighted by molar-refractivity contribution is -0.384. The van der Waals surface area contributed by atoms with Gasteiger partial charge in [-0.2, -0.15) is 0 Å². The SMILES string of the molecule is O=[N+]([O-])c1cc(S(=O)(=O)Nc2cc(Br)ccn2)sc1Cl. The number of rotatable bonds is 4. The topological polar surface area (TPSA) is 102 Å². The minimum absolute atomic E-state index is 0.0894. The molecule has 0 saturated carbocycles. The molecule has 0 bridgehead atoms. The third-order valence-electron chi connectivity index (χ3n) is 2.07. The molecule has 11 heteroatoms. The van der Waals surface area contributed by atoms with E-state index in [9.17, 15) is 18.5 Å². The first-order valence-electron chi connectivity index (χ1n) is 4.88. The number of nitro groups is 1. The van der Waals surface area contributed by atoms with E-state index in [-0.39, 0.29) is 14.4 Å². The summed E-state index contributed by atoms with van der Waals surface area (Å²) in [4.78, 5) is 13.8. The Bertz CT molecular complexity index is 777. The summed E-state index contributed by atoms with van der Waals surface area (Å²) in [6.45, 7) is 0.